The number of rotatable bonds is 4. The fourth-order valence-electron chi connectivity index (χ4n) is 2.59. The highest BCUT2D eigenvalue weighted by atomic mass is 32.1. The molecule has 0 aromatic heterocycles. The molecule has 0 aromatic rings. The van der Waals surface area contributed by atoms with Crippen LogP contribution in [-0.4, -0.2) is 40.1 Å². The van der Waals surface area contributed by atoms with Crippen LogP contribution in [0.1, 0.15) is 40.5 Å². The van der Waals surface area contributed by atoms with Crippen molar-refractivity contribution in [2.75, 3.05) is 13.1 Å². The van der Waals surface area contributed by atoms with E-state index in [-0.39, 0.29) is 0 Å². The summed E-state index contributed by atoms with van der Waals surface area (Å²) in [5.41, 5.74) is 0. The molecule has 82 valence electrons. The first-order chi connectivity index (χ1) is 6.71. The van der Waals surface area contributed by atoms with Gasteiger partial charge in [-0.25, -0.2) is 0 Å². The monoisotopic (exact) mass is 214 g/mol. The van der Waals surface area contributed by atoms with Gasteiger partial charge in [0.2, 0.25) is 0 Å². The summed E-state index contributed by atoms with van der Waals surface area (Å²) >= 11 is 5.50. The zero-order valence-electron chi connectivity index (χ0n) is 9.79. The molecule has 1 aliphatic heterocycles. The van der Waals surface area contributed by atoms with E-state index in [9.17, 15) is 0 Å². The standard InChI is InChI=1S/C11H22N2S/c1-5-9-10(6-2)13(8-4)11(14)12(9)7-3/h9-10H,5-8H2,1-4H3. The van der Waals surface area contributed by atoms with Gasteiger partial charge >= 0.3 is 0 Å². The molecule has 14 heavy (non-hydrogen) atoms. The quantitative estimate of drug-likeness (QED) is 0.664. The van der Waals surface area contributed by atoms with Crippen LogP contribution in [0.4, 0.5) is 0 Å². The van der Waals surface area contributed by atoms with Crippen molar-refractivity contribution in [2.45, 2.75) is 52.6 Å². The zero-order chi connectivity index (χ0) is 10.7. The van der Waals surface area contributed by atoms with Crippen LogP contribution >= 0.6 is 12.2 Å². The van der Waals surface area contributed by atoms with Crippen molar-refractivity contribution < 1.29 is 0 Å². The average molecular weight is 214 g/mol. The molecule has 2 unspecified atom stereocenters. The molecule has 3 heteroatoms. The maximum absolute atomic E-state index is 5.50. The highest BCUT2D eigenvalue weighted by Gasteiger charge is 2.39. The van der Waals surface area contributed by atoms with Crippen LogP contribution in [0.2, 0.25) is 0 Å². The lowest BCUT2D eigenvalue weighted by Gasteiger charge is -2.25. The summed E-state index contributed by atoms with van der Waals surface area (Å²) in [7, 11) is 0. The summed E-state index contributed by atoms with van der Waals surface area (Å²) in [5.74, 6) is 0. The van der Waals surface area contributed by atoms with E-state index < -0.39 is 0 Å². The van der Waals surface area contributed by atoms with Crippen molar-refractivity contribution in [3.8, 4) is 0 Å². The average Bonchev–Trinajstić information content (AvgIpc) is 2.48. The molecule has 0 amide bonds. The van der Waals surface area contributed by atoms with Gasteiger partial charge in [-0.15, -0.1) is 0 Å². The van der Waals surface area contributed by atoms with E-state index >= 15 is 0 Å². The van der Waals surface area contributed by atoms with Crippen molar-refractivity contribution in [1.29, 1.82) is 0 Å². The van der Waals surface area contributed by atoms with E-state index in [0.29, 0.717) is 12.1 Å². The Labute approximate surface area is 93.3 Å². The number of thiocarbonyl (C=S) groups is 1. The fourth-order valence-corrected chi connectivity index (χ4v) is 3.12. The van der Waals surface area contributed by atoms with Gasteiger partial charge in [0.1, 0.15) is 0 Å². The Morgan fingerprint density at radius 2 is 1.29 bits per heavy atom. The van der Waals surface area contributed by atoms with Gasteiger partial charge in [0.05, 0.1) is 12.1 Å². The molecule has 1 heterocycles. The molecule has 1 saturated heterocycles. The van der Waals surface area contributed by atoms with Gasteiger partial charge < -0.3 is 9.80 Å². The molecule has 0 aromatic carbocycles. The first-order valence-electron chi connectivity index (χ1n) is 5.78. The molecule has 0 radical (unpaired) electrons. The third-order valence-corrected chi connectivity index (χ3v) is 3.72. The molecule has 0 saturated carbocycles. The lowest BCUT2D eigenvalue weighted by atomic mass is 10.0. The van der Waals surface area contributed by atoms with Crippen LogP contribution in [0.15, 0.2) is 0 Å². The molecular weight excluding hydrogens is 192 g/mol. The van der Waals surface area contributed by atoms with E-state index in [0.717, 1.165) is 18.2 Å². The summed E-state index contributed by atoms with van der Waals surface area (Å²) < 4.78 is 0. The van der Waals surface area contributed by atoms with Crippen LogP contribution in [0.25, 0.3) is 0 Å². The minimum absolute atomic E-state index is 0.637. The van der Waals surface area contributed by atoms with E-state index in [4.69, 9.17) is 12.2 Å². The Balaban J connectivity index is 2.87. The van der Waals surface area contributed by atoms with Crippen LogP contribution < -0.4 is 0 Å². The molecule has 0 bridgehead atoms. The Morgan fingerprint density at radius 1 is 0.929 bits per heavy atom. The molecule has 1 aliphatic rings. The highest BCUT2D eigenvalue weighted by Crippen LogP contribution is 2.26. The molecule has 2 atom stereocenters. The fraction of sp³-hybridized carbons (Fsp3) is 0.909. The largest absolute Gasteiger partial charge is 0.344 e. The minimum Gasteiger partial charge on any atom is -0.344 e. The number of hydrogen-bond donors (Lipinski definition) is 0. The van der Waals surface area contributed by atoms with E-state index in [1.54, 1.807) is 0 Å². The van der Waals surface area contributed by atoms with Gasteiger partial charge in [-0.3, -0.25) is 0 Å². The van der Waals surface area contributed by atoms with Crippen molar-refractivity contribution in [3.05, 3.63) is 0 Å². The molecule has 0 N–H and O–H groups in total. The Morgan fingerprint density at radius 3 is 1.50 bits per heavy atom. The first kappa shape index (κ1) is 11.8. The van der Waals surface area contributed by atoms with Crippen LogP contribution in [-0.2, 0) is 0 Å². The Hall–Kier alpha value is -0.310. The van der Waals surface area contributed by atoms with Crippen LogP contribution in [0.3, 0.4) is 0 Å². The van der Waals surface area contributed by atoms with Gasteiger partial charge in [0.25, 0.3) is 0 Å². The maximum Gasteiger partial charge on any atom is 0.172 e. The summed E-state index contributed by atoms with van der Waals surface area (Å²) in [5, 5.41) is 1.06. The zero-order valence-corrected chi connectivity index (χ0v) is 10.6. The number of hydrogen-bond acceptors (Lipinski definition) is 1. The molecule has 0 spiro atoms. The molecular formula is C11H22N2S. The van der Waals surface area contributed by atoms with Crippen molar-refractivity contribution in [3.63, 3.8) is 0 Å². The maximum atomic E-state index is 5.50. The number of nitrogens with zero attached hydrogens (tertiary/aromatic N) is 2. The summed E-state index contributed by atoms with van der Waals surface area (Å²) in [6.07, 6.45) is 2.39. The van der Waals surface area contributed by atoms with E-state index in [2.05, 4.69) is 37.5 Å². The summed E-state index contributed by atoms with van der Waals surface area (Å²) in [4.78, 5) is 4.76. The van der Waals surface area contributed by atoms with Gasteiger partial charge in [-0.05, 0) is 38.9 Å². The third kappa shape index (κ3) is 1.74. The lowest BCUT2D eigenvalue weighted by Crippen LogP contribution is -2.36. The van der Waals surface area contributed by atoms with Gasteiger partial charge in [0, 0.05) is 13.1 Å². The Bertz CT molecular complexity index is 185. The highest BCUT2D eigenvalue weighted by molar-refractivity contribution is 7.80. The summed E-state index contributed by atoms with van der Waals surface area (Å²) in [6.45, 7) is 11.0. The summed E-state index contributed by atoms with van der Waals surface area (Å²) in [6, 6.07) is 1.27. The second-order valence-electron chi connectivity index (χ2n) is 3.81. The molecule has 2 nitrogen and oxygen atoms in total. The number of likely N-dealkylation sites (N-methyl/N-ethyl adjacent to an activating group) is 2. The predicted octanol–water partition coefficient (Wildman–Crippen LogP) is 2.49. The smallest absolute Gasteiger partial charge is 0.172 e. The Kier molecular flexibility index (Phi) is 4.17. The molecule has 0 aliphatic carbocycles. The van der Waals surface area contributed by atoms with E-state index in [1.165, 1.54) is 12.8 Å². The van der Waals surface area contributed by atoms with Crippen LogP contribution in [0, 0.1) is 0 Å². The van der Waals surface area contributed by atoms with Crippen molar-refractivity contribution in [2.24, 2.45) is 0 Å². The topological polar surface area (TPSA) is 6.48 Å². The minimum atomic E-state index is 0.637. The van der Waals surface area contributed by atoms with Crippen molar-refractivity contribution in [1.82, 2.24) is 9.80 Å². The second kappa shape index (κ2) is 4.96. The van der Waals surface area contributed by atoms with Crippen molar-refractivity contribution >= 4 is 17.3 Å². The van der Waals surface area contributed by atoms with Gasteiger partial charge in [-0.1, -0.05) is 13.8 Å². The van der Waals surface area contributed by atoms with Crippen LogP contribution in [0.5, 0.6) is 0 Å². The van der Waals surface area contributed by atoms with Gasteiger partial charge in [0.15, 0.2) is 5.11 Å². The second-order valence-corrected chi connectivity index (χ2v) is 4.17. The molecule has 1 fully saturated rings. The third-order valence-electron chi connectivity index (χ3n) is 3.25. The lowest BCUT2D eigenvalue weighted by molar-refractivity contribution is 0.260. The predicted molar refractivity (Wildman–Crippen MR) is 65.5 cm³/mol. The first-order valence-corrected chi connectivity index (χ1v) is 6.19. The SMILES string of the molecule is CCC1C(CC)N(CC)C(=S)N1CC. The molecule has 1 rings (SSSR count). The van der Waals surface area contributed by atoms with E-state index in [1.807, 2.05) is 0 Å². The normalized spacial score (nSPS) is 27.6. The van der Waals surface area contributed by atoms with Gasteiger partial charge in [-0.2, -0.15) is 0 Å².